The zero-order valence-electron chi connectivity index (χ0n) is 7.45. The molecule has 0 aromatic heterocycles. The van der Waals surface area contributed by atoms with E-state index in [-0.39, 0.29) is 0 Å². The molecule has 60 valence electrons. The summed E-state index contributed by atoms with van der Waals surface area (Å²) < 4.78 is 0. The lowest BCUT2D eigenvalue weighted by atomic mass is 9.56. The quantitative estimate of drug-likeness (QED) is 0.480. The minimum absolute atomic E-state index is 0.944. The van der Waals surface area contributed by atoms with Crippen molar-refractivity contribution in [3.05, 3.63) is 0 Å². The first-order valence-corrected chi connectivity index (χ1v) is 4.83. The molecule has 10 heavy (non-hydrogen) atoms. The van der Waals surface area contributed by atoms with Crippen LogP contribution in [0.25, 0.3) is 0 Å². The predicted molar refractivity (Wildman–Crippen MR) is 46.1 cm³/mol. The third-order valence-electron chi connectivity index (χ3n) is 2.83. The smallest absolute Gasteiger partial charge is 0.0297 e. The molecule has 2 fully saturated rings. The van der Waals surface area contributed by atoms with Crippen LogP contribution >= 0.6 is 0 Å². The molecule has 0 amide bonds. The molecule has 1 spiro atoms. The lowest BCUT2D eigenvalue weighted by Gasteiger charge is -2.49. The fourth-order valence-electron chi connectivity index (χ4n) is 1.85. The molecule has 0 atom stereocenters. The van der Waals surface area contributed by atoms with Gasteiger partial charge in [0, 0.05) is 0 Å². The van der Waals surface area contributed by atoms with Gasteiger partial charge in [-0.25, -0.2) is 0 Å². The van der Waals surface area contributed by atoms with Crippen molar-refractivity contribution in [3.63, 3.8) is 0 Å². The Bertz CT molecular complexity index is 70.7. The summed E-state index contributed by atoms with van der Waals surface area (Å²) in [6.07, 6.45) is 10.6. The number of rotatable bonds is 0. The van der Waals surface area contributed by atoms with Gasteiger partial charge in [-0.15, -0.1) is 0 Å². The second kappa shape index (κ2) is 3.41. The summed E-state index contributed by atoms with van der Waals surface area (Å²) in [5, 5.41) is 0. The molecule has 2 aliphatic carbocycles. The third-order valence-corrected chi connectivity index (χ3v) is 2.83. The molecule has 0 heterocycles. The summed E-state index contributed by atoms with van der Waals surface area (Å²) in [5.41, 5.74) is 0.944. The van der Waals surface area contributed by atoms with Crippen molar-refractivity contribution in [1.29, 1.82) is 0 Å². The van der Waals surface area contributed by atoms with E-state index in [1.54, 1.807) is 25.7 Å². The van der Waals surface area contributed by atoms with Crippen molar-refractivity contribution in [3.8, 4) is 0 Å². The van der Waals surface area contributed by atoms with E-state index in [2.05, 4.69) is 13.8 Å². The van der Waals surface area contributed by atoms with Crippen molar-refractivity contribution in [1.82, 2.24) is 0 Å². The Morgan fingerprint density at radius 1 is 0.900 bits per heavy atom. The van der Waals surface area contributed by atoms with Crippen LogP contribution < -0.4 is 0 Å². The molecule has 0 nitrogen and oxygen atoms in total. The van der Waals surface area contributed by atoms with Crippen molar-refractivity contribution < 1.29 is 0 Å². The van der Waals surface area contributed by atoms with Gasteiger partial charge in [0.25, 0.3) is 0 Å². The topological polar surface area (TPSA) is 0 Å². The molecule has 0 aromatic carbocycles. The summed E-state index contributed by atoms with van der Waals surface area (Å²) in [7, 11) is 0. The lowest BCUT2D eigenvalue weighted by Crippen LogP contribution is -2.35. The summed E-state index contributed by atoms with van der Waals surface area (Å²) in [5.74, 6) is 0. The van der Waals surface area contributed by atoms with Gasteiger partial charge < -0.3 is 0 Å². The molecule has 0 saturated heterocycles. The molecular weight excluding hydrogens is 120 g/mol. The molecule has 0 bridgehead atoms. The molecular formula is C10H20. The fourth-order valence-corrected chi connectivity index (χ4v) is 1.85. The zero-order valence-corrected chi connectivity index (χ0v) is 7.45. The molecule has 2 saturated carbocycles. The van der Waals surface area contributed by atoms with Gasteiger partial charge in [0.1, 0.15) is 0 Å². The number of hydrogen-bond donors (Lipinski definition) is 0. The first kappa shape index (κ1) is 8.10. The maximum atomic E-state index is 2.12. The Morgan fingerprint density at radius 3 is 1.20 bits per heavy atom. The fraction of sp³-hybridized carbons (Fsp3) is 1.00. The Labute approximate surface area is 65.0 Å². The Hall–Kier alpha value is 0. The van der Waals surface area contributed by atoms with Crippen LogP contribution in [0.15, 0.2) is 0 Å². The van der Waals surface area contributed by atoms with Gasteiger partial charge in [0.15, 0.2) is 0 Å². The molecule has 0 unspecified atom stereocenters. The van der Waals surface area contributed by atoms with E-state index < -0.39 is 0 Å². The zero-order chi connectivity index (χ0) is 7.45. The molecule has 0 heteroatoms. The van der Waals surface area contributed by atoms with Gasteiger partial charge in [-0.05, 0) is 31.1 Å². The highest BCUT2D eigenvalue weighted by molar-refractivity contribution is 4.93. The van der Waals surface area contributed by atoms with Crippen LogP contribution in [0.5, 0.6) is 0 Å². The highest BCUT2D eigenvalue weighted by Gasteiger charge is 2.41. The van der Waals surface area contributed by atoms with Crippen LogP contribution in [0.1, 0.15) is 58.8 Å². The second-order valence-electron chi connectivity index (χ2n) is 3.91. The first-order valence-electron chi connectivity index (χ1n) is 4.83. The van der Waals surface area contributed by atoms with Gasteiger partial charge in [0.2, 0.25) is 0 Å². The van der Waals surface area contributed by atoms with E-state index in [1.165, 1.54) is 19.3 Å². The van der Waals surface area contributed by atoms with Crippen molar-refractivity contribution in [2.45, 2.75) is 58.8 Å². The van der Waals surface area contributed by atoms with E-state index in [0.717, 1.165) is 5.41 Å². The van der Waals surface area contributed by atoms with Crippen LogP contribution in [0, 0.1) is 5.41 Å². The van der Waals surface area contributed by atoms with E-state index >= 15 is 0 Å². The standard InChI is InChI=1S/C7H12.C3H8/c1-3-7(4-1)5-2-6-7;1-3-2/h1-6H2;3H2,1-2H3. The number of hydrogen-bond acceptors (Lipinski definition) is 0. The van der Waals surface area contributed by atoms with Crippen LogP contribution in [-0.4, -0.2) is 0 Å². The largest absolute Gasteiger partial charge is 0.0656 e. The van der Waals surface area contributed by atoms with E-state index in [0.29, 0.717) is 0 Å². The van der Waals surface area contributed by atoms with E-state index in [1.807, 2.05) is 0 Å². The lowest BCUT2D eigenvalue weighted by molar-refractivity contribution is 0.0314. The highest BCUT2D eigenvalue weighted by atomic mass is 14.5. The monoisotopic (exact) mass is 140 g/mol. The van der Waals surface area contributed by atoms with Crippen LogP contribution in [0.4, 0.5) is 0 Å². The highest BCUT2D eigenvalue weighted by Crippen LogP contribution is 2.55. The average Bonchev–Trinajstić information content (AvgIpc) is 1.57. The summed E-state index contributed by atoms with van der Waals surface area (Å²) in [6, 6.07) is 0. The molecule has 0 radical (unpaired) electrons. The maximum absolute atomic E-state index is 2.12. The van der Waals surface area contributed by atoms with Crippen LogP contribution in [0.3, 0.4) is 0 Å². The predicted octanol–water partition coefficient (Wildman–Crippen LogP) is 3.76. The first-order chi connectivity index (χ1) is 4.83. The van der Waals surface area contributed by atoms with Gasteiger partial charge in [-0.1, -0.05) is 33.1 Å². The van der Waals surface area contributed by atoms with Crippen molar-refractivity contribution in [2.24, 2.45) is 5.41 Å². The van der Waals surface area contributed by atoms with Gasteiger partial charge in [-0.2, -0.15) is 0 Å². The minimum atomic E-state index is 0.944. The Kier molecular flexibility index (Phi) is 2.76. The average molecular weight is 140 g/mol. The second-order valence-corrected chi connectivity index (χ2v) is 3.91. The third kappa shape index (κ3) is 1.53. The summed E-state index contributed by atoms with van der Waals surface area (Å²) in [4.78, 5) is 0. The molecule has 0 aliphatic heterocycles. The molecule has 2 rings (SSSR count). The molecule has 0 N–H and O–H groups in total. The van der Waals surface area contributed by atoms with Gasteiger partial charge in [-0.3, -0.25) is 0 Å². The van der Waals surface area contributed by atoms with Crippen molar-refractivity contribution in [2.75, 3.05) is 0 Å². The minimum Gasteiger partial charge on any atom is -0.0656 e. The molecule has 2 aliphatic rings. The van der Waals surface area contributed by atoms with E-state index in [4.69, 9.17) is 0 Å². The van der Waals surface area contributed by atoms with Crippen LogP contribution in [0.2, 0.25) is 0 Å². The molecule has 0 aromatic rings. The van der Waals surface area contributed by atoms with Crippen LogP contribution in [-0.2, 0) is 0 Å². The SMILES string of the molecule is C1CC2(C1)CCC2.CCC. The Balaban J connectivity index is 0.000000148. The summed E-state index contributed by atoms with van der Waals surface area (Å²) in [6.45, 7) is 4.25. The van der Waals surface area contributed by atoms with Gasteiger partial charge >= 0.3 is 0 Å². The summed E-state index contributed by atoms with van der Waals surface area (Å²) >= 11 is 0. The van der Waals surface area contributed by atoms with Gasteiger partial charge in [0.05, 0.1) is 0 Å². The Morgan fingerprint density at radius 2 is 1.20 bits per heavy atom. The van der Waals surface area contributed by atoms with Crippen molar-refractivity contribution >= 4 is 0 Å². The maximum Gasteiger partial charge on any atom is -0.0297 e. The van der Waals surface area contributed by atoms with E-state index in [9.17, 15) is 0 Å². The normalized spacial score (nSPS) is 25.8.